The second-order valence-electron chi connectivity index (χ2n) is 4.25. The van der Waals surface area contributed by atoms with Crippen molar-refractivity contribution in [3.63, 3.8) is 0 Å². The molecule has 7 heteroatoms. The maximum atomic E-state index is 11.1. The summed E-state index contributed by atoms with van der Waals surface area (Å²) in [6, 6.07) is 5.93. The largest absolute Gasteiger partial charge is 0.508 e. The van der Waals surface area contributed by atoms with Crippen LogP contribution in [0.4, 0.5) is 0 Å². The Kier molecular flexibility index (Phi) is 3.75. The molecule has 5 N–H and O–H groups in total. The Bertz CT molecular complexity index is 694. The van der Waals surface area contributed by atoms with Gasteiger partial charge >= 0.3 is 5.97 Å². The molecule has 0 fully saturated rings. The third-order valence-electron chi connectivity index (χ3n) is 2.71. The van der Waals surface area contributed by atoms with Gasteiger partial charge in [0.15, 0.2) is 11.5 Å². The highest BCUT2D eigenvalue weighted by Gasteiger charge is 2.18. The minimum absolute atomic E-state index is 0.128. The quantitative estimate of drug-likeness (QED) is 0.543. The van der Waals surface area contributed by atoms with Crippen LogP contribution in [0.15, 0.2) is 30.3 Å². The van der Waals surface area contributed by atoms with Crippen molar-refractivity contribution in [3.05, 3.63) is 41.5 Å². The number of rotatable bonds is 4. The van der Waals surface area contributed by atoms with Crippen molar-refractivity contribution in [2.24, 2.45) is 0 Å². The van der Waals surface area contributed by atoms with Crippen LogP contribution in [-0.4, -0.2) is 31.5 Å². The molecule has 0 aliphatic rings. The van der Waals surface area contributed by atoms with Crippen molar-refractivity contribution >= 4 is 5.97 Å². The van der Waals surface area contributed by atoms with Gasteiger partial charge in [-0.15, -0.1) is 0 Å². The lowest BCUT2D eigenvalue weighted by atomic mass is 10.1. The predicted molar refractivity (Wildman–Crippen MR) is 70.8 cm³/mol. The Hall–Kier alpha value is -3.09. The third-order valence-corrected chi connectivity index (χ3v) is 2.71. The number of carbonyl (C=O) groups is 1. The molecule has 2 aromatic rings. The van der Waals surface area contributed by atoms with Crippen molar-refractivity contribution in [2.75, 3.05) is 0 Å². The van der Waals surface area contributed by atoms with E-state index in [9.17, 15) is 25.2 Å². The van der Waals surface area contributed by atoms with Crippen LogP contribution in [-0.2, 0) is 6.61 Å². The SMILES string of the molecule is O=C(O)c1c(O)cc(O)cc1OCc1ccc(O)c(O)c1. The van der Waals surface area contributed by atoms with Gasteiger partial charge in [0.05, 0.1) is 0 Å². The van der Waals surface area contributed by atoms with Crippen LogP contribution in [0.5, 0.6) is 28.7 Å². The highest BCUT2D eigenvalue weighted by molar-refractivity contribution is 5.94. The van der Waals surface area contributed by atoms with Crippen molar-refractivity contribution in [2.45, 2.75) is 6.61 Å². The van der Waals surface area contributed by atoms with Crippen LogP contribution >= 0.6 is 0 Å². The average Bonchev–Trinajstić information content (AvgIpc) is 2.38. The summed E-state index contributed by atoms with van der Waals surface area (Å²) in [4.78, 5) is 11.1. The fourth-order valence-corrected chi connectivity index (χ4v) is 1.74. The van der Waals surface area contributed by atoms with Crippen molar-refractivity contribution in [1.82, 2.24) is 0 Å². The molecule has 0 heterocycles. The van der Waals surface area contributed by atoms with Gasteiger partial charge in [-0.1, -0.05) is 6.07 Å². The maximum Gasteiger partial charge on any atom is 0.343 e. The van der Waals surface area contributed by atoms with Crippen LogP contribution in [0.2, 0.25) is 0 Å². The summed E-state index contributed by atoms with van der Waals surface area (Å²) >= 11 is 0. The number of hydrogen-bond donors (Lipinski definition) is 5. The summed E-state index contributed by atoms with van der Waals surface area (Å²) in [5.41, 5.74) is -0.0136. The van der Waals surface area contributed by atoms with E-state index in [0.717, 1.165) is 12.1 Å². The molecular formula is C14H12O7. The molecule has 2 aromatic carbocycles. The molecule has 0 spiro atoms. The van der Waals surface area contributed by atoms with Crippen LogP contribution in [0, 0.1) is 0 Å². The lowest BCUT2D eigenvalue weighted by molar-refractivity contribution is 0.0688. The van der Waals surface area contributed by atoms with Gasteiger partial charge in [-0.25, -0.2) is 4.79 Å². The highest BCUT2D eigenvalue weighted by Crippen LogP contribution is 2.33. The molecule has 110 valence electrons. The Morgan fingerprint density at radius 3 is 2.29 bits per heavy atom. The van der Waals surface area contributed by atoms with E-state index in [2.05, 4.69) is 0 Å². The van der Waals surface area contributed by atoms with Gasteiger partial charge in [-0.05, 0) is 17.7 Å². The van der Waals surface area contributed by atoms with E-state index in [4.69, 9.17) is 9.84 Å². The average molecular weight is 292 g/mol. The number of carboxylic acid groups (broad SMARTS) is 1. The van der Waals surface area contributed by atoms with E-state index in [-0.39, 0.29) is 29.6 Å². The smallest absolute Gasteiger partial charge is 0.343 e. The molecule has 0 aliphatic carbocycles. The highest BCUT2D eigenvalue weighted by atomic mass is 16.5. The number of hydrogen-bond acceptors (Lipinski definition) is 6. The molecule has 2 rings (SSSR count). The van der Waals surface area contributed by atoms with Crippen LogP contribution in [0.1, 0.15) is 15.9 Å². The molecule has 0 amide bonds. The monoisotopic (exact) mass is 292 g/mol. The summed E-state index contributed by atoms with van der Waals surface area (Å²) in [5, 5.41) is 46.5. The molecule has 0 saturated heterocycles. The Morgan fingerprint density at radius 2 is 1.67 bits per heavy atom. The number of benzene rings is 2. The van der Waals surface area contributed by atoms with Gasteiger partial charge in [0.1, 0.15) is 29.4 Å². The number of phenols is 4. The van der Waals surface area contributed by atoms with E-state index < -0.39 is 17.3 Å². The van der Waals surface area contributed by atoms with Gasteiger partial charge in [-0.3, -0.25) is 0 Å². The number of ether oxygens (including phenoxy) is 1. The second kappa shape index (κ2) is 5.49. The lowest BCUT2D eigenvalue weighted by Gasteiger charge is -2.11. The number of aromatic carboxylic acids is 1. The molecule has 0 bridgehead atoms. The van der Waals surface area contributed by atoms with Crippen molar-refractivity contribution in [1.29, 1.82) is 0 Å². The topological polar surface area (TPSA) is 127 Å². The van der Waals surface area contributed by atoms with Crippen LogP contribution in [0.3, 0.4) is 0 Å². The Labute approximate surface area is 118 Å². The summed E-state index contributed by atoms with van der Waals surface area (Å²) in [5.74, 6) is -3.22. The molecule has 0 radical (unpaired) electrons. The molecule has 0 atom stereocenters. The van der Waals surface area contributed by atoms with E-state index in [1.165, 1.54) is 18.2 Å². The van der Waals surface area contributed by atoms with Crippen molar-refractivity contribution < 1.29 is 35.1 Å². The Morgan fingerprint density at radius 1 is 0.952 bits per heavy atom. The number of phenolic OH excluding ortho intramolecular Hbond substituents is 3. The molecule has 21 heavy (non-hydrogen) atoms. The van der Waals surface area contributed by atoms with Gasteiger partial charge in [0, 0.05) is 12.1 Å². The molecule has 0 aromatic heterocycles. The minimum atomic E-state index is -1.41. The van der Waals surface area contributed by atoms with Crippen LogP contribution < -0.4 is 4.74 Å². The predicted octanol–water partition coefficient (Wildman–Crippen LogP) is 1.79. The minimum Gasteiger partial charge on any atom is -0.508 e. The first-order valence-corrected chi connectivity index (χ1v) is 5.81. The molecule has 0 saturated carbocycles. The fourth-order valence-electron chi connectivity index (χ4n) is 1.74. The first-order chi connectivity index (χ1) is 9.88. The first-order valence-electron chi connectivity index (χ1n) is 5.81. The number of carboxylic acids is 1. The zero-order chi connectivity index (χ0) is 15.6. The van der Waals surface area contributed by atoms with Gasteiger partial charge < -0.3 is 30.3 Å². The molecule has 7 nitrogen and oxygen atoms in total. The lowest BCUT2D eigenvalue weighted by Crippen LogP contribution is -2.04. The van der Waals surface area contributed by atoms with Gasteiger partial charge in [0.25, 0.3) is 0 Å². The van der Waals surface area contributed by atoms with Gasteiger partial charge in [-0.2, -0.15) is 0 Å². The summed E-state index contributed by atoms with van der Waals surface area (Å²) in [7, 11) is 0. The zero-order valence-corrected chi connectivity index (χ0v) is 10.6. The van der Waals surface area contributed by atoms with E-state index in [1.807, 2.05) is 0 Å². The molecule has 0 unspecified atom stereocenters. The molecular weight excluding hydrogens is 280 g/mol. The van der Waals surface area contributed by atoms with Crippen molar-refractivity contribution in [3.8, 4) is 28.7 Å². The molecule has 0 aliphatic heterocycles. The maximum absolute atomic E-state index is 11.1. The number of aromatic hydroxyl groups is 4. The second-order valence-corrected chi connectivity index (χ2v) is 4.25. The third kappa shape index (κ3) is 3.08. The first kappa shape index (κ1) is 14.3. The summed E-state index contributed by atoms with van der Waals surface area (Å²) in [6.07, 6.45) is 0. The normalized spacial score (nSPS) is 10.3. The zero-order valence-electron chi connectivity index (χ0n) is 10.6. The fraction of sp³-hybridized carbons (Fsp3) is 0.0714. The standard InChI is InChI=1S/C14H12O7/c15-8-4-11(18)13(14(19)20)12(5-8)21-6-7-1-2-9(16)10(17)3-7/h1-5,15-18H,6H2,(H,19,20). The van der Waals surface area contributed by atoms with Crippen LogP contribution in [0.25, 0.3) is 0 Å². The van der Waals surface area contributed by atoms with E-state index in [1.54, 1.807) is 0 Å². The summed E-state index contributed by atoms with van der Waals surface area (Å²) in [6.45, 7) is -0.128. The van der Waals surface area contributed by atoms with E-state index in [0.29, 0.717) is 5.56 Å². The van der Waals surface area contributed by atoms with E-state index >= 15 is 0 Å². The Balaban J connectivity index is 2.27. The summed E-state index contributed by atoms with van der Waals surface area (Å²) < 4.78 is 5.25. The van der Waals surface area contributed by atoms with Gasteiger partial charge in [0.2, 0.25) is 0 Å².